The van der Waals surface area contributed by atoms with Gasteiger partial charge in [0.2, 0.25) is 5.76 Å². The number of furan rings is 1. The van der Waals surface area contributed by atoms with Gasteiger partial charge in [-0.1, -0.05) is 6.07 Å². The lowest BCUT2D eigenvalue weighted by atomic mass is 10.2. The molecule has 0 aliphatic carbocycles. The van der Waals surface area contributed by atoms with Crippen LogP contribution in [0.3, 0.4) is 0 Å². The predicted octanol–water partition coefficient (Wildman–Crippen LogP) is 1.05. The second kappa shape index (κ2) is 4.34. The number of carbonyl (C=O) groups excluding carboxylic acids is 1. The first-order valence-electron chi connectivity index (χ1n) is 4.87. The third kappa shape index (κ3) is 1.68. The molecule has 1 heterocycles. The first-order valence-corrected chi connectivity index (χ1v) is 4.87. The Morgan fingerprint density at radius 2 is 2.12 bits per heavy atom. The lowest BCUT2D eigenvalue weighted by Crippen LogP contribution is -2.29. The van der Waals surface area contributed by atoms with Crippen molar-refractivity contribution in [2.24, 2.45) is 5.84 Å². The number of nitrogens with one attached hydrogen (secondary N) is 1. The molecule has 2 rings (SSSR count). The lowest BCUT2D eigenvalue weighted by Gasteiger charge is -1.99. The van der Waals surface area contributed by atoms with Crippen LogP contribution in [0.1, 0.15) is 10.6 Å². The Hall–Kier alpha value is -2.21. The minimum absolute atomic E-state index is 0.0227. The van der Waals surface area contributed by atoms with Gasteiger partial charge >= 0.3 is 5.91 Å². The monoisotopic (exact) mass is 236 g/mol. The van der Waals surface area contributed by atoms with Crippen LogP contribution in [0.2, 0.25) is 0 Å². The summed E-state index contributed by atoms with van der Waals surface area (Å²) in [5.74, 6) is 5.40. The van der Waals surface area contributed by atoms with E-state index in [0.717, 1.165) is 0 Å². The molecule has 0 unspecified atom stereocenters. The van der Waals surface area contributed by atoms with Crippen LogP contribution in [0.5, 0.6) is 11.5 Å². The fourth-order valence-electron chi connectivity index (χ4n) is 1.65. The standard InChI is InChI=1S/C11H12N2O4/c1-15-7-5-3-4-6-8(7)17-10(9(6)16-2)11(14)13-12/h3-5H,12H2,1-2H3,(H,13,14). The topological polar surface area (TPSA) is 86.7 Å². The fourth-order valence-corrected chi connectivity index (χ4v) is 1.65. The van der Waals surface area contributed by atoms with Crippen molar-refractivity contribution in [3.8, 4) is 11.5 Å². The van der Waals surface area contributed by atoms with Gasteiger partial charge in [0.15, 0.2) is 17.1 Å². The van der Waals surface area contributed by atoms with Gasteiger partial charge in [0.25, 0.3) is 0 Å². The summed E-state index contributed by atoms with van der Waals surface area (Å²) in [6.07, 6.45) is 0. The van der Waals surface area contributed by atoms with E-state index in [4.69, 9.17) is 19.7 Å². The SMILES string of the molecule is COc1c(C(=O)NN)oc2c(OC)cccc12. The Morgan fingerprint density at radius 3 is 2.71 bits per heavy atom. The van der Waals surface area contributed by atoms with E-state index in [9.17, 15) is 4.79 Å². The van der Waals surface area contributed by atoms with Crippen molar-refractivity contribution in [3.63, 3.8) is 0 Å². The van der Waals surface area contributed by atoms with Crippen molar-refractivity contribution < 1.29 is 18.7 Å². The number of hydrogen-bond donors (Lipinski definition) is 2. The Morgan fingerprint density at radius 1 is 1.35 bits per heavy atom. The molecule has 0 saturated heterocycles. The zero-order chi connectivity index (χ0) is 12.4. The molecule has 0 spiro atoms. The Labute approximate surface area is 97.3 Å². The normalized spacial score (nSPS) is 10.3. The maximum Gasteiger partial charge on any atom is 0.304 e. The average Bonchev–Trinajstić information content (AvgIpc) is 2.75. The van der Waals surface area contributed by atoms with Gasteiger partial charge in [0.05, 0.1) is 19.6 Å². The molecule has 6 nitrogen and oxygen atoms in total. The first kappa shape index (κ1) is 11.3. The fraction of sp³-hybridized carbons (Fsp3) is 0.182. The van der Waals surface area contributed by atoms with Gasteiger partial charge in [-0.05, 0) is 12.1 Å². The molecular weight excluding hydrogens is 224 g/mol. The number of para-hydroxylation sites is 1. The maximum atomic E-state index is 11.5. The summed E-state index contributed by atoms with van der Waals surface area (Å²) in [7, 11) is 2.98. The molecule has 0 radical (unpaired) electrons. The van der Waals surface area contributed by atoms with E-state index in [1.807, 2.05) is 5.43 Å². The third-order valence-electron chi connectivity index (χ3n) is 2.40. The number of nitrogen functional groups attached to an aromatic ring is 1. The van der Waals surface area contributed by atoms with Crippen LogP contribution in [0, 0.1) is 0 Å². The number of carbonyl (C=O) groups is 1. The first-order chi connectivity index (χ1) is 8.22. The molecule has 6 heteroatoms. The van der Waals surface area contributed by atoms with Crippen molar-refractivity contribution in [1.82, 2.24) is 5.43 Å². The van der Waals surface area contributed by atoms with Crippen molar-refractivity contribution in [2.45, 2.75) is 0 Å². The molecule has 90 valence electrons. The van der Waals surface area contributed by atoms with Gasteiger partial charge in [0, 0.05) is 0 Å². The number of hydrazine groups is 1. The lowest BCUT2D eigenvalue weighted by molar-refractivity contribution is 0.0924. The van der Waals surface area contributed by atoms with Crippen molar-refractivity contribution in [1.29, 1.82) is 0 Å². The summed E-state index contributed by atoms with van der Waals surface area (Å²) < 4.78 is 15.7. The number of methoxy groups -OCH3 is 2. The summed E-state index contributed by atoms with van der Waals surface area (Å²) in [4.78, 5) is 11.5. The Kier molecular flexibility index (Phi) is 2.88. The predicted molar refractivity (Wildman–Crippen MR) is 61.0 cm³/mol. The van der Waals surface area contributed by atoms with E-state index < -0.39 is 5.91 Å². The summed E-state index contributed by atoms with van der Waals surface area (Å²) in [6.45, 7) is 0. The van der Waals surface area contributed by atoms with E-state index in [1.54, 1.807) is 18.2 Å². The van der Waals surface area contributed by atoms with Gasteiger partial charge < -0.3 is 13.9 Å². The van der Waals surface area contributed by atoms with Crippen LogP contribution >= 0.6 is 0 Å². The Bertz CT molecular complexity index is 562. The maximum absolute atomic E-state index is 11.5. The summed E-state index contributed by atoms with van der Waals surface area (Å²) in [5, 5.41) is 0.658. The van der Waals surface area contributed by atoms with E-state index in [-0.39, 0.29) is 5.76 Å². The molecule has 0 fully saturated rings. The number of nitrogens with two attached hydrogens (primary N) is 1. The van der Waals surface area contributed by atoms with Gasteiger partial charge in [-0.25, -0.2) is 5.84 Å². The second-order valence-corrected chi connectivity index (χ2v) is 3.27. The minimum atomic E-state index is -0.555. The molecule has 3 N–H and O–H groups in total. The molecule has 17 heavy (non-hydrogen) atoms. The zero-order valence-electron chi connectivity index (χ0n) is 9.44. The van der Waals surface area contributed by atoms with Gasteiger partial charge in [-0.3, -0.25) is 10.2 Å². The molecular formula is C11H12N2O4. The smallest absolute Gasteiger partial charge is 0.304 e. The number of amides is 1. The number of ether oxygens (including phenoxy) is 2. The van der Waals surface area contributed by atoms with Crippen molar-refractivity contribution >= 4 is 16.9 Å². The van der Waals surface area contributed by atoms with E-state index in [0.29, 0.717) is 22.5 Å². The summed E-state index contributed by atoms with van der Waals surface area (Å²) in [5.41, 5.74) is 2.45. The third-order valence-corrected chi connectivity index (χ3v) is 2.40. The Balaban J connectivity index is 2.74. The molecule has 1 aromatic carbocycles. The summed E-state index contributed by atoms with van der Waals surface area (Å²) >= 11 is 0. The van der Waals surface area contributed by atoms with Gasteiger partial charge in [-0.15, -0.1) is 0 Å². The number of fused-ring (bicyclic) bond motifs is 1. The number of benzene rings is 1. The highest BCUT2D eigenvalue weighted by Gasteiger charge is 2.22. The molecule has 1 amide bonds. The molecule has 1 aromatic heterocycles. The second-order valence-electron chi connectivity index (χ2n) is 3.27. The van der Waals surface area contributed by atoms with E-state index >= 15 is 0 Å². The van der Waals surface area contributed by atoms with Crippen LogP contribution in [0.25, 0.3) is 11.0 Å². The number of rotatable bonds is 3. The minimum Gasteiger partial charge on any atom is -0.493 e. The van der Waals surface area contributed by atoms with Crippen LogP contribution in [0.15, 0.2) is 22.6 Å². The van der Waals surface area contributed by atoms with E-state index in [1.165, 1.54) is 14.2 Å². The quantitative estimate of drug-likeness (QED) is 0.472. The number of hydrogen-bond acceptors (Lipinski definition) is 5. The highest BCUT2D eigenvalue weighted by molar-refractivity contribution is 6.02. The van der Waals surface area contributed by atoms with Crippen LogP contribution in [0.4, 0.5) is 0 Å². The van der Waals surface area contributed by atoms with Crippen LogP contribution in [-0.2, 0) is 0 Å². The van der Waals surface area contributed by atoms with Gasteiger partial charge in [0.1, 0.15) is 0 Å². The molecule has 0 aliphatic heterocycles. The largest absolute Gasteiger partial charge is 0.493 e. The molecule has 0 aliphatic rings. The molecule has 0 atom stereocenters. The zero-order valence-corrected chi connectivity index (χ0v) is 9.44. The van der Waals surface area contributed by atoms with Gasteiger partial charge in [-0.2, -0.15) is 0 Å². The molecule has 2 aromatic rings. The van der Waals surface area contributed by atoms with Crippen molar-refractivity contribution in [2.75, 3.05) is 14.2 Å². The summed E-state index contributed by atoms with van der Waals surface area (Å²) in [6, 6.07) is 5.28. The average molecular weight is 236 g/mol. The highest BCUT2D eigenvalue weighted by atomic mass is 16.5. The highest BCUT2D eigenvalue weighted by Crippen LogP contribution is 2.37. The van der Waals surface area contributed by atoms with Crippen LogP contribution in [-0.4, -0.2) is 20.1 Å². The van der Waals surface area contributed by atoms with E-state index in [2.05, 4.69) is 0 Å². The molecule has 0 bridgehead atoms. The molecule has 0 saturated carbocycles. The van der Waals surface area contributed by atoms with Crippen LogP contribution < -0.4 is 20.7 Å². The van der Waals surface area contributed by atoms with Crippen molar-refractivity contribution in [3.05, 3.63) is 24.0 Å².